The molecule has 2 heterocycles. The largest absolute Gasteiger partial charge is 0.493 e. The molecule has 2 unspecified atom stereocenters. The van der Waals surface area contributed by atoms with E-state index >= 15 is 0 Å². The fourth-order valence-corrected chi connectivity index (χ4v) is 5.51. The molecule has 0 aromatic heterocycles. The molecule has 40 heavy (non-hydrogen) atoms. The lowest BCUT2D eigenvalue weighted by Gasteiger charge is -2.17. The highest BCUT2D eigenvalue weighted by Gasteiger charge is 2.30. The minimum absolute atomic E-state index is 0.0139. The van der Waals surface area contributed by atoms with E-state index in [9.17, 15) is 4.79 Å². The van der Waals surface area contributed by atoms with Gasteiger partial charge in [-0.05, 0) is 62.8 Å². The fraction of sp³-hybridized carbons (Fsp3) is 0.406. The number of anilines is 1. The molecule has 0 saturated carbocycles. The second kappa shape index (κ2) is 12.2. The molecule has 3 aromatic carbocycles. The molecule has 2 N–H and O–H groups in total. The number of carboxylic acids is 1. The van der Waals surface area contributed by atoms with E-state index in [1.165, 1.54) is 0 Å². The van der Waals surface area contributed by atoms with Crippen LogP contribution in [0.25, 0.3) is 11.1 Å². The Bertz CT molecular complexity index is 1350. The van der Waals surface area contributed by atoms with Gasteiger partial charge in [0.25, 0.3) is 0 Å². The molecule has 0 fully saturated rings. The zero-order valence-corrected chi connectivity index (χ0v) is 23.7. The van der Waals surface area contributed by atoms with Gasteiger partial charge in [0, 0.05) is 40.9 Å². The average Bonchev–Trinajstić information content (AvgIpc) is 3.49. The summed E-state index contributed by atoms with van der Waals surface area (Å²) in [5.41, 5.74) is 7.46. The van der Waals surface area contributed by atoms with Crippen LogP contribution in [0.4, 0.5) is 5.69 Å². The maximum Gasteiger partial charge on any atom is 0.304 e. The number of ether oxygens (including phenoxy) is 4. The first-order valence-corrected chi connectivity index (χ1v) is 13.8. The highest BCUT2D eigenvalue weighted by atomic mass is 16.5. The number of carbonyl (C=O) groups is 1. The van der Waals surface area contributed by atoms with Crippen LogP contribution < -0.4 is 19.5 Å². The van der Waals surface area contributed by atoms with Crippen LogP contribution in [0.5, 0.6) is 17.2 Å². The standard InChI is InChI=1S/C32H38N2O6/c1-20-14-24(38-13-12-37-11-10-34(3)4)15-21(2)31(20)27-7-5-6-26-28(19-40-32(26)27)33-23-8-9-25-22(16-30(35)36)18-39-29(25)17-23/h5-9,14-15,17,22,28,33H,10-13,16,18-19H2,1-4H3,(H,35,36). The van der Waals surface area contributed by atoms with Gasteiger partial charge < -0.3 is 34.3 Å². The molecule has 0 saturated heterocycles. The first-order valence-electron chi connectivity index (χ1n) is 13.8. The molecule has 3 aromatic rings. The Morgan fingerprint density at radius 3 is 2.55 bits per heavy atom. The Kier molecular flexibility index (Phi) is 8.47. The Labute approximate surface area is 235 Å². The first kappa shape index (κ1) is 27.8. The van der Waals surface area contributed by atoms with Gasteiger partial charge in [-0.2, -0.15) is 0 Å². The predicted molar refractivity (Wildman–Crippen MR) is 155 cm³/mol. The number of nitrogens with zero attached hydrogens (tertiary/aromatic N) is 1. The molecule has 0 spiro atoms. The van der Waals surface area contributed by atoms with Gasteiger partial charge in [0.05, 0.1) is 32.3 Å². The van der Waals surface area contributed by atoms with E-state index in [0.717, 1.165) is 62.9 Å². The molecule has 8 nitrogen and oxygen atoms in total. The maximum atomic E-state index is 11.2. The zero-order valence-electron chi connectivity index (χ0n) is 23.7. The summed E-state index contributed by atoms with van der Waals surface area (Å²) in [6, 6.07) is 16.4. The monoisotopic (exact) mass is 546 g/mol. The van der Waals surface area contributed by atoms with Gasteiger partial charge >= 0.3 is 5.97 Å². The van der Waals surface area contributed by atoms with Gasteiger partial charge in [0.1, 0.15) is 30.5 Å². The van der Waals surface area contributed by atoms with E-state index in [2.05, 4.69) is 54.4 Å². The predicted octanol–water partition coefficient (Wildman–Crippen LogP) is 5.42. The molecular formula is C32H38N2O6. The van der Waals surface area contributed by atoms with Crippen LogP contribution in [-0.4, -0.2) is 69.7 Å². The molecule has 8 heteroatoms. The Morgan fingerprint density at radius 1 is 1.00 bits per heavy atom. The summed E-state index contributed by atoms with van der Waals surface area (Å²) in [6.45, 7) is 7.78. The summed E-state index contributed by atoms with van der Waals surface area (Å²) >= 11 is 0. The van der Waals surface area contributed by atoms with Crippen LogP contribution in [0.3, 0.4) is 0 Å². The van der Waals surface area contributed by atoms with Crippen LogP contribution in [0.1, 0.15) is 40.6 Å². The summed E-state index contributed by atoms with van der Waals surface area (Å²) in [4.78, 5) is 13.3. The van der Waals surface area contributed by atoms with Crippen molar-refractivity contribution in [3.8, 4) is 28.4 Å². The first-order chi connectivity index (χ1) is 19.3. The number of nitrogens with one attached hydrogen (secondary N) is 1. The number of aryl methyl sites for hydroxylation is 2. The topological polar surface area (TPSA) is 89.5 Å². The third kappa shape index (κ3) is 6.18. The number of para-hydroxylation sites is 1. The Balaban J connectivity index is 1.28. The highest BCUT2D eigenvalue weighted by molar-refractivity contribution is 5.79. The number of likely N-dealkylation sites (N-methyl/N-ethyl adjacent to an activating group) is 1. The van der Waals surface area contributed by atoms with Crippen LogP contribution >= 0.6 is 0 Å². The number of aliphatic carboxylic acids is 1. The Morgan fingerprint density at radius 2 is 1.80 bits per heavy atom. The number of rotatable bonds is 12. The molecule has 2 aliphatic heterocycles. The number of hydrogen-bond acceptors (Lipinski definition) is 7. The van der Waals surface area contributed by atoms with Crippen molar-refractivity contribution in [2.45, 2.75) is 32.2 Å². The van der Waals surface area contributed by atoms with Crippen molar-refractivity contribution in [2.24, 2.45) is 0 Å². The quantitative estimate of drug-likeness (QED) is 0.291. The van der Waals surface area contributed by atoms with Gasteiger partial charge in [-0.25, -0.2) is 0 Å². The summed E-state index contributed by atoms with van der Waals surface area (Å²) in [5.74, 6) is 1.57. The van der Waals surface area contributed by atoms with Crippen LogP contribution in [0.2, 0.25) is 0 Å². The second-order valence-corrected chi connectivity index (χ2v) is 10.8. The van der Waals surface area contributed by atoms with Gasteiger partial charge in [-0.1, -0.05) is 24.3 Å². The Hall–Kier alpha value is -3.75. The van der Waals surface area contributed by atoms with E-state index in [0.29, 0.717) is 33.0 Å². The van der Waals surface area contributed by atoms with Crippen molar-refractivity contribution in [2.75, 3.05) is 59.0 Å². The van der Waals surface area contributed by atoms with Crippen LogP contribution in [0, 0.1) is 13.8 Å². The molecular weight excluding hydrogens is 508 g/mol. The molecule has 2 aliphatic rings. The van der Waals surface area contributed by atoms with E-state index in [-0.39, 0.29) is 18.4 Å². The molecule has 212 valence electrons. The fourth-order valence-electron chi connectivity index (χ4n) is 5.51. The van der Waals surface area contributed by atoms with Crippen molar-refractivity contribution in [1.82, 2.24) is 4.90 Å². The number of hydrogen-bond donors (Lipinski definition) is 2. The van der Waals surface area contributed by atoms with Gasteiger partial charge in [0.2, 0.25) is 0 Å². The van der Waals surface area contributed by atoms with Crippen LogP contribution in [-0.2, 0) is 9.53 Å². The van der Waals surface area contributed by atoms with Crippen molar-refractivity contribution in [3.05, 3.63) is 70.8 Å². The maximum absolute atomic E-state index is 11.2. The van der Waals surface area contributed by atoms with Gasteiger partial charge in [-0.15, -0.1) is 0 Å². The van der Waals surface area contributed by atoms with E-state index in [1.807, 2.05) is 32.3 Å². The lowest BCUT2D eigenvalue weighted by Crippen LogP contribution is -2.19. The number of carboxylic acid groups (broad SMARTS) is 1. The van der Waals surface area contributed by atoms with Crippen molar-refractivity contribution >= 4 is 11.7 Å². The smallest absolute Gasteiger partial charge is 0.304 e. The number of benzene rings is 3. The van der Waals surface area contributed by atoms with E-state index in [1.54, 1.807) is 0 Å². The van der Waals surface area contributed by atoms with E-state index in [4.69, 9.17) is 24.1 Å². The summed E-state index contributed by atoms with van der Waals surface area (Å²) in [6.07, 6.45) is 0.0732. The summed E-state index contributed by atoms with van der Waals surface area (Å²) in [7, 11) is 4.06. The second-order valence-electron chi connectivity index (χ2n) is 10.8. The highest BCUT2D eigenvalue weighted by Crippen LogP contribution is 2.45. The molecule has 0 bridgehead atoms. The normalized spacial score (nSPS) is 17.2. The van der Waals surface area contributed by atoms with Crippen molar-refractivity contribution in [3.63, 3.8) is 0 Å². The average molecular weight is 547 g/mol. The third-order valence-corrected chi connectivity index (χ3v) is 7.43. The molecule has 0 amide bonds. The molecule has 0 aliphatic carbocycles. The zero-order chi connectivity index (χ0) is 28.2. The van der Waals surface area contributed by atoms with E-state index < -0.39 is 5.97 Å². The summed E-state index contributed by atoms with van der Waals surface area (Å²) < 4.78 is 23.7. The number of fused-ring (bicyclic) bond motifs is 2. The SMILES string of the molecule is Cc1cc(OCCOCCN(C)C)cc(C)c1-c1cccc2c1OCC2Nc1ccc2c(c1)OCC2CC(=O)O. The van der Waals surface area contributed by atoms with Gasteiger partial charge in [0.15, 0.2) is 0 Å². The van der Waals surface area contributed by atoms with Crippen molar-refractivity contribution < 1.29 is 28.8 Å². The van der Waals surface area contributed by atoms with Gasteiger partial charge in [-0.3, -0.25) is 4.79 Å². The summed E-state index contributed by atoms with van der Waals surface area (Å²) in [5, 5.41) is 12.8. The minimum atomic E-state index is -0.812. The third-order valence-electron chi connectivity index (χ3n) is 7.43. The molecule has 5 rings (SSSR count). The van der Waals surface area contributed by atoms with Crippen molar-refractivity contribution in [1.29, 1.82) is 0 Å². The molecule has 2 atom stereocenters. The molecule has 0 radical (unpaired) electrons. The lowest BCUT2D eigenvalue weighted by molar-refractivity contribution is -0.137. The minimum Gasteiger partial charge on any atom is -0.493 e. The lowest BCUT2D eigenvalue weighted by atomic mass is 9.92. The van der Waals surface area contributed by atoms with Crippen LogP contribution in [0.15, 0.2) is 48.5 Å².